The number of pyridine rings is 1. The number of carboxylic acid groups (broad SMARTS) is 1. The van der Waals surface area contributed by atoms with E-state index in [4.69, 9.17) is 14.6 Å². The third kappa shape index (κ3) is 6.92. The van der Waals surface area contributed by atoms with Crippen LogP contribution in [0.25, 0.3) is 0 Å². The van der Waals surface area contributed by atoms with E-state index in [2.05, 4.69) is 44.8 Å². The molecule has 0 bridgehead atoms. The number of rotatable bonds is 12. The minimum absolute atomic E-state index is 0.0502. The molecule has 2 heterocycles. The summed E-state index contributed by atoms with van der Waals surface area (Å²) in [4.78, 5) is 31.7. The van der Waals surface area contributed by atoms with Gasteiger partial charge in [0.05, 0.1) is 26.4 Å². The van der Waals surface area contributed by atoms with Crippen LogP contribution >= 0.6 is 0 Å². The molecule has 11 nitrogen and oxygen atoms in total. The Bertz CT molecular complexity index is 1390. The molecule has 1 aliphatic heterocycles. The molecular formula is C31H37N5O6. The third-order valence-electron chi connectivity index (χ3n) is 7.88. The number of likely N-dealkylation sites (tertiary alicyclic amines) is 1. The molecule has 2 aromatic carbocycles. The van der Waals surface area contributed by atoms with Crippen molar-refractivity contribution in [2.45, 2.75) is 37.6 Å². The highest BCUT2D eigenvalue weighted by Gasteiger charge is 2.31. The largest absolute Gasteiger partial charge is 0.497 e. The van der Waals surface area contributed by atoms with Gasteiger partial charge in [0.25, 0.3) is 5.91 Å². The summed E-state index contributed by atoms with van der Waals surface area (Å²) in [5, 5.41) is 26.1. The fourth-order valence-corrected chi connectivity index (χ4v) is 5.57. The molecule has 1 fully saturated rings. The van der Waals surface area contributed by atoms with Crippen LogP contribution in [0.3, 0.4) is 0 Å². The molecule has 0 saturated carbocycles. The van der Waals surface area contributed by atoms with E-state index >= 15 is 0 Å². The first-order chi connectivity index (χ1) is 20.3. The predicted octanol–water partition coefficient (Wildman–Crippen LogP) is 2.63. The predicted molar refractivity (Wildman–Crippen MR) is 157 cm³/mol. The van der Waals surface area contributed by atoms with Gasteiger partial charge in [-0.05, 0) is 42.2 Å². The monoisotopic (exact) mass is 575 g/mol. The number of hydrogen-bond acceptors (Lipinski definition) is 8. The summed E-state index contributed by atoms with van der Waals surface area (Å²) in [5.74, 6) is 1.61. The SMILES string of the molecule is COc1ccc(CN(CC(O)CNC(=O)c2ccnc(NC3CN(C(=O)O)C3)c2)C2Cc3ccccc3C2)c(OC)c1. The summed E-state index contributed by atoms with van der Waals surface area (Å²) >= 11 is 0. The number of hydrogen-bond donors (Lipinski definition) is 4. The highest BCUT2D eigenvalue weighted by atomic mass is 16.5. The topological polar surface area (TPSA) is 136 Å². The Kier molecular flexibility index (Phi) is 9.09. The van der Waals surface area contributed by atoms with Gasteiger partial charge in [-0.2, -0.15) is 0 Å². The lowest BCUT2D eigenvalue weighted by Gasteiger charge is -2.37. The van der Waals surface area contributed by atoms with Crippen LogP contribution < -0.4 is 20.1 Å². The fourth-order valence-electron chi connectivity index (χ4n) is 5.57. The first-order valence-electron chi connectivity index (χ1n) is 14.0. The van der Waals surface area contributed by atoms with Gasteiger partial charge in [-0.1, -0.05) is 30.3 Å². The maximum absolute atomic E-state index is 12.9. The molecule has 1 aliphatic carbocycles. The number of fused-ring (bicyclic) bond motifs is 1. The number of aromatic nitrogens is 1. The minimum Gasteiger partial charge on any atom is -0.497 e. The van der Waals surface area contributed by atoms with Gasteiger partial charge in [-0.15, -0.1) is 0 Å². The summed E-state index contributed by atoms with van der Waals surface area (Å²) in [6, 6.07) is 17.5. The molecule has 2 amide bonds. The number of nitrogens with zero attached hydrogens (tertiary/aromatic N) is 3. The lowest BCUT2D eigenvalue weighted by Crippen LogP contribution is -2.56. The maximum atomic E-state index is 12.9. The number of benzene rings is 2. The Morgan fingerprint density at radius 2 is 1.81 bits per heavy atom. The average molecular weight is 576 g/mol. The number of methoxy groups -OCH3 is 2. The summed E-state index contributed by atoms with van der Waals surface area (Å²) < 4.78 is 11.0. The molecule has 4 N–H and O–H groups in total. The quantitative estimate of drug-likeness (QED) is 0.257. The molecule has 11 heteroatoms. The van der Waals surface area contributed by atoms with Crippen molar-refractivity contribution in [2.75, 3.05) is 45.7 Å². The molecule has 1 atom stereocenters. The zero-order valence-corrected chi connectivity index (χ0v) is 23.8. The molecule has 42 heavy (non-hydrogen) atoms. The summed E-state index contributed by atoms with van der Waals surface area (Å²) in [6.45, 7) is 1.74. The first kappa shape index (κ1) is 29.2. The molecule has 1 unspecified atom stereocenters. The Labute approximate surface area is 245 Å². The van der Waals surface area contributed by atoms with E-state index in [0.29, 0.717) is 43.3 Å². The lowest BCUT2D eigenvalue weighted by molar-refractivity contribution is 0.0747. The summed E-state index contributed by atoms with van der Waals surface area (Å²) in [7, 11) is 3.25. The minimum atomic E-state index is -0.952. The van der Waals surface area contributed by atoms with E-state index in [-0.39, 0.29) is 24.5 Å². The van der Waals surface area contributed by atoms with Gasteiger partial charge < -0.3 is 35.2 Å². The molecule has 0 radical (unpaired) electrons. The van der Waals surface area contributed by atoms with Crippen molar-refractivity contribution in [3.63, 3.8) is 0 Å². The molecule has 1 aromatic heterocycles. The summed E-state index contributed by atoms with van der Waals surface area (Å²) in [6.07, 6.45) is 1.53. The van der Waals surface area contributed by atoms with Crippen LogP contribution in [0.2, 0.25) is 0 Å². The van der Waals surface area contributed by atoms with E-state index in [1.807, 2.05) is 18.2 Å². The Morgan fingerprint density at radius 1 is 1.07 bits per heavy atom. The fraction of sp³-hybridized carbons (Fsp3) is 0.387. The highest BCUT2D eigenvalue weighted by Crippen LogP contribution is 2.30. The number of ether oxygens (including phenoxy) is 2. The van der Waals surface area contributed by atoms with Gasteiger partial charge in [0.2, 0.25) is 0 Å². The van der Waals surface area contributed by atoms with E-state index in [9.17, 15) is 14.7 Å². The van der Waals surface area contributed by atoms with Crippen LogP contribution in [0, 0.1) is 0 Å². The van der Waals surface area contributed by atoms with Crippen molar-refractivity contribution in [3.05, 3.63) is 83.0 Å². The van der Waals surface area contributed by atoms with Gasteiger partial charge in [0.15, 0.2) is 0 Å². The van der Waals surface area contributed by atoms with E-state index in [1.54, 1.807) is 26.4 Å². The second-order valence-corrected chi connectivity index (χ2v) is 10.8. The van der Waals surface area contributed by atoms with Gasteiger partial charge >= 0.3 is 6.09 Å². The molecule has 5 rings (SSSR count). The van der Waals surface area contributed by atoms with Gasteiger partial charge in [0.1, 0.15) is 17.3 Å². The van der Waals surface area contributed by atoms with Crippen LogP contribution in [0.1, 0.15) is 27.0 Å². The molecule has 0 spiro atoms. The number of carbonyl (C=O) groups excluding carboxylic acids is 1. The van der Waals surface area contributed by atoms with Crippen LogP contribution in [-0.2, 0) is 19.4 Å². The lowest BCUT2D eigenvalue weighted by atomic mass is 10.1. The number of carbonyl (C=O) groups is 2. The number of aliphatic hydroxyl groups excluding tert-OH is 1. The second kappa shape index (κ2) is 13.1. The number of aliphatic hydroxyl groups is 1. The number of amides is 2. The number of nitrogens with one attached hydrogen (secondary N) is 2. The molecule has 2 aliphatic rings. The normalized spacial score (nSPS) is 15.6. The Hall–Kier alpha value is -4.35. The number of anilines is 1. The van der Waals surface area contributed by atoms with Crippen LogP contribution in [0.4, 0.5) is 10.6 Å². The van der Waals surface area contributed by atoms with Crippen molar-refractivity contribution in [1.82, 2.24) is 20.1 Å². The van der Waals surface area contributed by atoms with Crippen LogP contribution in [0.15, 0.2) is 60.8 Å². The van der Waals surface area contributed by atoms with Crippen molar-refractivity contribution in [2.24, 2.45) is 0 Å². The van der Waals surface area contributed by atoms with E-state index in [0.717, 1.165) is 24.2 Å². The van der Waals surface area contributed by atoms with E-state index < -0.39 is 12.2 Å². The van der Waals surface area contributed by atoms with Crippen molar-refractivity contribution < 1.29 is 29.3 Å². The summed E-state index contributed by atoms with van der Waals surface area (Å²) in [5.41, 5.74) is 4.02. The smallest absolute Gasteiger partial charge is 0.407 e. The van der Waals surface area contributed by atoms with Crippen molar-refractivity contribution in [1.29, 1.82) is 0 Å². The van der Waals surface area contributed by atoms with Crippen LogP contribution in [-0.4, -0.2) is 95.6 Å². The van der Waals surface area contributed by atoms with Gasteiger partial charge in [0, 0.05) is 62.2 Å². The first-order valence-corrected chi connectivity index (χ1v) is 14.0. The average Bonchev–Trinajstić information content (AvgIpc) is 3.41. The van der Waals surface area contributed by atoms with Gasteiger partial charge in [-0.3, -0.25) is 9.69 Å². The van der Waals surface area contributed by atoms with Crippen molar-refractivity contribution in [3.8, 4) is 11.5 Å². The van der Waals surface area contributed by atoms with E-state index in [1.165, 1.54) is 22.2 Å². The molecule has 3 aromatic rings. The highest BCUT2D eigenvalue weighted by molar-refractivity contribution is 5.94. The van der Waals surface area contributed by atoms with Gasteiger partial charge in [-0.25, -0.2) is 9.78 Å². The second-order valence-electron chi connectivity index (χ2n) is 10.8. The zero-order valence-electron chi connectivity index (χ0n) is 23.8. The maximum Gasteiger partial charge on any atom is 0.407 e. The standard InChI is InChI=1S/C31H37N5O6/c1-41-27-8-7-23(28(14-27)42-2)16-35(25-11-20-5-3-4-6-21(20)12-25)19-26(37)15-33-30(38)22-9-10-32-29(13-22)34-24-17-36(18-24)31(39)40/h3-10,13-14,24-26,37H,11-12,15-19H2,1-2H3,(H,32,34)(H,33,38)(H,39,40). The molecule has 222 valence electrons. The van der Waals surface area contributed by atoms with Crippen LogP contribution in [0.5, 0.6) is 11.5 Å². The molecular weight excluding hydrogens is 538 g/mol. The molecule has 1 saturated heterocycles. The zero-order chi connectivity index (χ0) is 29.6. The van der Waals surface area contributed by atoms with Crippen molar-refractivity contribution >= 4 is 17.8 Å². The Morgan fingerprint density at radius 3 is 2.48 bits per heavy atom. The Balaban J connectivity index is 1.21. The third-order valence-corrected chi connectivity index (χ3v) is 7.88.